The number of thiazole rings is 1. The number of halogens is 1. The van der Waals surface area contributed by atoms with Gasteiger partial charge in [0.1, 0.15) is 5.75 Å². The van der Waals surface area contributed by atoms with Crippen LogP contribution in [-0.2, 0) is 27.2 Å². The highest BCUT2D eigenvalue weighted by Crippen LogP contribution is 2.31. The summed E-state index contributed by atoms with van der Waals surface area (Å²) in [7, 11) is 0. The Hall–Kier alpha value is -2.12. The Labute approximate surface area is 147 Å². The molecule has 126 valence electrons. The average Bonchev–Trinajstić information content (AvgIpc) is 3.13. The van der Waals surface area contributed by atoms with E-state index in [0.717, 1.165) is 5.56 Å². The molecular weight excluding hydrogens is 352 g/mol. The van der Waals surface area contributed by atoms with Gasteiger partial charge in [-0.3, -0.25) is 14.9 Å². The van der Waals surface area contributed by atoms with Gasteiger partial charge in [0.05, 0.1) is 18.7 Å². The topological polar surface area (TPSA) is 77.5 Å². The summed E-state index contributed by atoms with van der Waals surface area (Å²) in [6.07, 6.45) is -0.0665. The number of anilines is 1. The van der Waals surface area contributed by atoms with Gasteiger partial charge >= 0.3 is 5.97 Å². The molecule has 1 amide bonds. The van der Waals surface area contributed by atoms with Crippen molar-refractivity contribution in [1.29, 1.82) is 0 Å². The lowest BCUT2D eigenvalue weighted by molar-refractivity contribution is -0.142. The van der Waals surface area contributed by atoms with E-state index in [1.54, 1.807) is 30.5 Å². The predicted molar refractivity (Wildman–Crippen MR) is 90.7 cm³/mol. The number of fused-ring (bicyclic) bond motifs is 1. The van der Waals surface area contributed by atoms with E-state index in [4.69, 9.17) is 21.1 Å². The second-order valence-electron chi connectivity index (χ2n) is 5.18. The molecule has 1 aliphatic rings. The van der Waals surface area contributed by atoms with E-state index >= 15 is 0 Å². The zero-order valence-electron chi connectivity index (χ0n) is 12.9. The summed E-state index contributed by atoms with van der Waals surface area (Å²) >= 11 is 7.20. The fourth-order valence-electron chi connectivity index (χ4n) is 2.35. The maximum atomic E-state index is 12.3. The molecule has 24 heavy (non-hydrogen) atoms. The number of nitrogens with one attached hydrogen (secondary N) is 1. The quantitative estimate of drug-likeness (QED) is 0.823. The van der Waals surface area contributed by atoms with Crippen LogP contribution in [0, 0.1) is 0 Å². The summed E-state index contributed by atoms with van der Waals surface area (Å²) in [5, 5.41) is 5.48. The molecular formula is C16H15ClN2O4S. The minimum atomic E-state index is -0.615. The second kappa shape index (κ2) is 7.19. The first-order valence-electron chi connectivity index (χ1n) is 7.41. The van der Waals surface area contributed by atoms with E-state index < -0.39 is 6.10 Å². The predicted octanol–water partition coefficient (Wildman–Crippen LogP) is 2.84. The third-order valence-electron chi connectivity index (χ3n) is 3.40. The van der Waals surface area contributed by atoms with Crippen molar-refractivity contribution in [2.24, 2.45) is 0 Å². The van der Waals surface area contributed by atoms with Crippen LogP contribution in [0.15, 0.2) is 23.6 Å². The molecule has 3 rings (SSSR count). The number of carbonyl (C=O) groups is 2. The van der Waals surface area contributed by atoms with Crippen molar-refractivity contribution in [2.45, 2.75) is 25.9 Å². The molecule has 1 aromatic heterocycles. The second-order valence-corrected chi connectivity index (χ2v) is 6.47. The SMILES string of the molecule is CCOC(=O)Cc1csc(NC(=O)C2Cc3cc(Cl)ccc3O2)n1. The molecule has 1 unspecified atom stereocenters. The third-order valence-corrected chi connectivity index (χ3v) is 4.44. The fourth-order valence-corrected chi connectivity index (χ4v) is 3.26. The average molecular weight is 367 g/mol. The Bertz CT molecular complexity index is 777. The Kier molecular flexibility index (Phi) is 5.01. The molecule has 1 aliphatic heterocycles. The molecule has 0 fully saturated rings. The third kappa shape index (κ3) is 3.85. The van der Waals surface area contributed by atoms with Crippen molar-refractivity contribution in [1.82, 2.24) is 4.98 Å². The molecule has 2 heterocycles. The van der Waals surface area contributed by atoms with Gasteiger partial charge in [0.25, 0.3) is 5.91 Å². The zero-order valence-corrected chi connectivity index (χ0v) is 14.4. The largest absolute Gasteiger partial charge is 0.480 e. The molecule has 1 atom stereocenters. The number of carbonyl (C=O) groups excluding carboxylic acids is 2. The number of esters is 1. The van der Waals surface area contributed by atoms with Crippen LogP contribution in [0.2, 0.25) is 5.02 Å². The Balaban J connectivity index is 1.58. The smallest absolute Gasteiger partial charge is 0.311 e. The molecule has 2 aromatic rings. The highest BCUT2D eigenvalue weighted by atomic mass is 35.5. The van der Waals surface area contributed by atoms with Crippen LogP contribution >= 0.6 is 22.9 Å². The van der Waals surface area contributed by atoms with E-state index in [2.05, 4.69) is 10.3 Å². The van der Waals surface area contributed by atoms with Crippen LogP contribution in [0.1, 0.15) is 18.2 Å². The number of rotatable bonds is 5. The molecule has 6 nitrogen and oxygen atoms in total. The van der Waals surface area contributed by atoms with E-state index in [1.165, 1.54) is 11.3 Å². The summed E-state index contributed by atoms with van der Waals surface area (Å²) in [4.78, 5) is 28.0. The molecule has 0 radical (unpaired) electrons. The van der Waals surface area contributed by atoms with E-state index in [1.807, 2.05) is 0 Å². The van der Waals surface area contributed by atoms with Gasteiger partial charge < -0.3 is 9.47 Å². The van der Waals surface area contributed by atoms with Crippen molar-refractivity contribution in [3.63, 3.8) is 0 Å². The maximum absolute atomic E-state index is 12.3. The number of hydrogen-bond acceptors (Lipinski definition) is 6. The molecule has 8 heteroatoms. The van der Waals surface area contributed by atoms with Gasteiger partial charge in [-0.1, -0.05) is 11.6 Å². The van der Waals surface area contributed by atoms with Crippen LogP contribution in [0.5, 0.6) is 5.75 Å². The Morgan fingerprint density at radius 3 is 3.12 bits per heavy atom. The summed E-state index contributed by atoms with van der Waals surface area (Å²) in [6, 6.07) is 5.28. The minimum Gasteiger partial charge on any atom is -0.480 e. The molecule has 0 bridgehead atoms. The lowest BCUT2D eigenvalue weighted by Gasteiger charge is -2.09. The van der Waals surface area contributed by atoms with Gasteiger partial charge in [0, 0.05) is 16.8 Å². The van der Waals surface area contributed by atoms with Gasteiger partial charge in [0.15, 0.2) is 11.2 Å². The number of amides is 1. The van der Waals surface area contributed by atoms with Crippen molar-refractivity contribution in [2.75, 3.05) is 11.9 Å². The molecule has 0 saturated carbocycles. The van der Waals surface area contributed by atoms with Gasteiger partial charge in [-0.2, -0.15) is 0 Å². The van der Waals surface area contributed by atoms with Crippen LogP contribution in [0.3, 0.4) is 0 Å². The number of ether oxygens (including phenoxy) is 2. The van der Waals surface area contributed by atoms with Crippen LogP contribution in [0.4, 0.5) is 5.13 Å². The van der Waals surface area contributed by atoms with E-state index in [-0.39, 0.29) is 18.3 Å². The van der Waals surface area contributed by atoms with Crippen LogP contribution in [0.25, 0.3) is 0 Å². The van der Waals surface area contributed by atoms with Crippen LogP contribution in [-0.4, -0.2) is 29.6 Å². The molecule has 1 aromatic carbocycles. The molecule has 1 N–H and O–H groups in total. The first-order valence-corrected chi connectivity index (χ1v) is 8.67. The standard InChI is InChI=1S/C16H15ClN2O4S/c1-2-22-14(20)7-11-8-24-16(18-11)19-15(21)13-6-9-5-10(17)3-4-12(9)23-13/h3-5,8,13H,2,6-7H2,1H3,(H,18,19,21). The highest BCUT2D eigenvalue weighted by molar-refractivity contribution is 7.13. The Morgan fingerprint density at radius 1 is 1.50 bits per heavy atom. The van der Waals surface area contributed by atoms with Gasteiger partial charge in [-0.15, -0.1) is 11.3 Å². The van der Waals surface area contributed by atoms with E-state index in [0.29, 0.717) is 34.6 Å². The molecule has 0 spiro atoms. The molecule has 0 aliphatic carbocycles. The lowest BCUT2D eigenvalue weighted by Crippen LogP contribution is -2.31. The van der Waals surface area contributed by atoms with Gasteiger partial charge in [0.2, 0.25) is 0 Å². The van der Waals surface area contributed by atoms with Crippen molar-refractivity contribution in [3.05, 3.63) is 39.9 Å². The van der Waals surface area contributed by atoms with Gasteiger partial charge in [-0.05, 0) is 30.7 Å². The number of hydrogen-bond donors (Lipinski definition) is 1. The summed E-state index contributed by atoms with van der Waals surface area (Å²) in [5.74, 6) is 0.0492. The first kappa shape index (κ1) is 16.7. The van der Waals surface area contributed by atoms with E-state index in [9.17, 15) is 9.59 Å². The van der Waals surface area contributed by atoms with Crippen molar-refractivity contribution >= 4 is 39.9 Å². The monoisotopic (exact) mass is 366 g/mol. The normalized spacial score (nSPS) is 15.5. The summed E-state index contributed by atoms with van der Waals surface area (Å²) < 4.78 is 10.5. The highest BCUT2D eigenvalue weighted by Gasteiger charge is 2.29. The maximum Gasteiger partial charge on any atom is 0.311 e. The summed E-state index contributed by atoms with van der Waals surface area (Å²) in [5.41, 5.74) is 1.47. The number of aromatic nitrogens is 1. The van der Waals surface area contributed by atoms with Crippen LogP contribution < -0.4 is 10.1 Å². The zero-order chi connectivity index (χ0) is 17.1. The number of benzene rings is 1. The fraction of sp³-hybridized carbons (Fsp3) is 0.312. The van der Waals surface area contributed by atoms with Gasteiger partial charge in [-0.25, -0.2) is 4.98 Å². The number of nitrogens with zero attached hydrogens (tertiary/aromatic N) is 1. The Morgan fingerprint density at radius 2 is 2.33 bits per heavy atom. The van der Waals surface area contributed by atoms with Crippen molar-refractivity contribution < 1.29 is 19.1 Å². The molecule has 0 saturated heterocycles. The minimum absolute atomic E-state index is 0.0874. The summed E-state index contributed by atoms with van der Waals surface area (Å²) in [6.45, 7) is 2.08. The lowest BCUT2D eigenvalue weighted by atomic mass is 10.1. The first-order chi connectivity index (χ1) is 11.5. The van der Waals surface area contributed by atoms with Crippen molar-refractivity contribution in [3.8, 4) is 5.75 Å².